The maximum absolute atomic E-state index is 4.83. The molecule has 1 rings (SSSR count). The van der Waals surface area contributed by atoms with Crippen molar-refractivity contribution >= 4 is 5.96 Å². The van der Waals surface area contributed by atoms with Crippen molar-refractivity contribution in [2.45, 2.75) is 45.4 Å². The van der Waals surface area contributed by atoms with Crippen molar-refractivity contribution in [3.63, 3.8) is 0 Å². The number of unbranched alkanes of at least 4 members (excludes halogenated alkanes) is 3. The van der Waals surface area contributed by atoms with Gasteiger partial charge in [-0.1, -0.05) is 12.5 Å². The van der Waals surface area contributed by atoms with Crippen LogP contribution in [0, 0.1) is 0 Å². The number of allylic oxidation sites excluding steroid dienone is 1. The van der Waals surface area contributed by atoms with E-state index in [0.29, 0.717) is 0 Å². The van der Waals surface area contributed by atoms with Crippen molar-refractivity contribution in [1.29, 1.82) is 0 Å². The van der Waals surface area contributed by atoms with E-state index in [9.17, 15) is 0 Å². The molecule has 5 nitrogen and oxygen atoms in total. The number of likely N-dealkylation sites (N-methyl/N-ethyl adjacent to an activating group) is 1. The number of rotatable bonds is 11. The summed E-state index contributed by atoms with van der Waals surface area (Å²) in [5.74, 6) is 1.06. The fourth-order valence-corrected chi connectivity index (χ4v) is 3.19. The standard InChI is InChI=1S/C20H41N5/c1-5-7-8-9-10-15-24(4)20(21-6-2)22-13-11-16-25-17-12-14-23(3)18-19-25/h5H,1,6-19H2,2-4H3,(H,21,22). The van der Waals surface area contributed by atoms with Crippen LogP contribution in [-0.4, -0.2) is 87.1 Å². The van der Waals surface area contributed by atoms with Gasteiger partial charge in [-0.2, -0.15) is 0 Å². The van der Waals surface area contributed by atoms with E-state index in [0.717, 1.165) is 38.4 Å². The zero-order valence-corrected chi connectivity index (χ0v) is 17.0. The van der Waals surface area contributed by atoms with Crippen molar-refractivity contribution in [2.75, 3.05) is 66.5 Å². The van der Waals surface area contributed by atoms with Gasteiger partial charge in [-0.15, -0.1) is 6.58 Å². The first-order valence-electron chi connectivity index (χ1n) is 10.2. The number of hydrogen-bond acceptors (Lipinski definition) is 3. The topological polar surface area (TPSA) is 34.1 Å². The molecule has 5 heteroatoms. The van der Waals surface area contributed by atoms with Crippen molar-refractivity contribution in [3.8, 4) is 0 Å². The lowest BCUT2D eigenvalue weighted by Gasteiger charge is -2.22. The second-order valence-corrected chi connectivity index (χ2v) is 7.15. The van der Waals surface area contributed by atoms with Gasteiger partial charge in [-0.05, 0) is 65.7 Å². The van der Waals surface area contributed by atoms with Crippen LogP contribution in [0.2, 0.25) is 0 Å². The zero-order valence-electron chi connectivity index (χ0n) is 17.0. The number of hydrogen-bond donors (Lipinski definition) is 1. The van der Waals surface area contributed by atoms with Crippen LogP contribution in [0.5, 0.6) is 0 Å². The number of nitrogens with one attached hydrogen (secondary N) is 1. The summed E-state index contributed by atoms with van der Waals surface area (Å²) in [6, 6.07) is 0. The molecule has 1 heterocycles. The Morgan fingerprint density at radius 3 is 2.76 bits per heavy atom. The van der Waals surface area contributed by atoms with Crippen LogP contribution in [-0.2, 0) is 0 Å². The van der Waals surface area contributed by atoms with E-state index in [1.165, 1.54) is 58.4 Å². The molecule has 0 aliphatic carbocycles. The Balaban J connectivity index is 2.27. The van der Waals surface area contributed by atoms with E-state index < -0.39 is 0 Å². The number of aliphatic imine (C=N–C) groups is 1. The highest BCUT2D eigenvalue weighted by molar-refractivity contribution is 5.79. The van der Waals surface area contributed by atoms with Crippen LogP contribution >= 0.6 is 0 Å². The van der Waals surface area contributed by atoms with Crippen LogP contribution in [0.15, 0.2) is 17.6 Å². The normalized spacial score (nSPS) is 17.3. The van der Waals surface area contributed by atoms with Crippen LogP contribution in [0.1, 0.15) is 45.4 Å². The summed E-state index contributed by atoms with van der Waals surface area (Å²) in [7, 11) is 4.38. The van der Waals surface area contributed by atoms with Gasteiger partial charge < -0.3 is 20.0 Å². The average molecular weight is 352 g/mol. The lowest BCUT2D eigenvalue weighted by atomic mass is 10.2. The molecule has 0 spiro atoms. The van der Waals surface area contributed by atoms with Gasteiger partial charge in [0.1, 0.15) is 0 Å². The summed E-state index contributed by atoms with van der Waals surface area (Å²) in [6.45, 7) is 14.9. The molecule has 1 N–H and O–H groups in total. The molecule has 0 unspecified atom stereocenters. The molecule has 0 amide bonds. The Morgan fingerprint density at radius 2 is 2.00 bits per heavy atom. The zero-order chi connectivity index (χ0) is 18.3. The molecule has 0 aromatic heterocycles. The van der Waals surface area contributed by atoms with Crippen molar-refractivity contribution < 1.29 is 0 Å². The molecular weight excluding hydrogens is 310 g/mol. The average Bonchev–Trinajstić information content (AvgIpc) is 2.81. The number of guanidine groups is 1. The molecule has 1 fully saturated rings. The molecule has 0 bridgehead atoms. The SMILES string of the molecule is C=CCCCCCN(C)C(=NCCCN1CCCN(C)CC1)NCC. The quantitative estimate of drug-likeness (QED) is 0.269. The molecule has 1 aliphatic heterocycles. The fourth-order valence-electron chi connectivity index (χ4n) is 3.19. The summed E-state index contributed by atoms with van der Waals surface area (Å²) >= 11 is 0. The lowest BCUT2D eigenvalue weighted by Crippen LogP contribution is -2.39. The first-order chi connectivity index (χ1) is 12.2. The Bertz CT molecular complexity index is 369. The summed E-state index contributed by atoms with van der Waals surface area (Å²) in [5, 5.41) is 3.43. The van der Waals surface area contributed by atoms with Crippen LogP contribution < -0.4 is 5.32 Å². The highest BCUT2D eigenvalue weighted by Gasteiger charge is 2.11. The molecule has 0 aromatic rings. The Morgan fingerprint density at radius 1 is 1.16 bits per heavy atom. The van der Waals surface area contributed by atoms with Gasteiger partial charge in [0, 0.05) is 39.8 Å². The summed E-state index contributed by atoms with van der Waals surface area (Å²) in [6.07, 6.45) is 9.30. The van der Waals surface area contributed by atoms with Crippen molar-refractivity contribution in [1.82, 2.24) is 20.0 Å². The van der Waals surface area contributed by atoms with E-state index in [1.807, 2.05) is 6.08 Å². The first-order valence-corrected chi connectivity index (χ1v) is 10.2. The molecule has 25 heavy (non-hydrogen) atoms. The minimum Gasteiger partial charge on any atom is -0.357 e. The predicted molar refractivity (Wildman–Crippen MR) is 110 cm³/mol. The highest BCUT2D eigenvalue weighted by atomic mass is 15.3. The third kappa shape index (κ3) is 10.5. The Kier molecular flexibility index (Phi) is 12.4. The monoisotopic (exact) mass is 351 g/mol. The molecular formula is C20H41N5. The van der Waals surface area contributed by atoms with Crippen LogP contribution in [0.25, 0.3) is 0 Å². The maximum atomic E-state index is 4.83. The van der Waals surface area contributed by atoms with Crippen LogP contribution in [0.4, 0.5) is 0 Å². The van der Waals surface area contributed by atoms with E-state index in [2.05, 4.69) is 47.6 Å². The van der Waals surface area contributed by atoms with Gasteiger partial charge in [0.15, 0.2) is 5.96 Å². The molecule has 1 saturated heterocycles. The van der Waals surface area contributed by atoms with Crippen LogP contribution in [0.3, 0.4) is 0 Å². The molecule has 0 atom stereocenters. The fraction of sp³-hybridized carbons (Fsp3) is 0.850. The van der Waals surface area contributed by atoms with Gasteiger partial charge >= 0.3 is 0 Å². The largest absolute Gasteiger partial charge is 0.357 e. The third-order valence-corrected chi connectivity index (χ3v) is 4.80. The van der Waals surface area contributed by atoms with E-state index in [4.69, 9.17) is 4.99 Å². The lowest BCUT2D eigenvalue weighted by molar-refractivity contribution is 0.275. The third-order valence-electron chi connectivity index (χ3n) is 4.80. The van der Waals surface area contributed by atoms with E-state index in [1.54, 1.807) is 0 Å². The maximum Gasteiger partial charge on any atom is 0.193 e. The minimum atomic E-state index is 0.912. The predicted octanol–water partition coefficient (Wildman–Crippen LogP) is 2.66. The Labute approximate surface area is 156 Å². The van der Waals surface area contributed by atoms with Gasteiger partial charge in [0.05, 0.1) is 0 Å². The second kappa shape index (κ2) is 14.1. The van der Waals surface area contributed by atoms with Crippen molar-refractivity contribution in [3.05, 3.63) is 12.7 Å². The summed E-state index contributed by atoms with van der Waals surface area (Å²) < 4.78 is 0. The summed E-state index contributed by atoms with van der Waals surface area (Å²) in [5.41, 5.74) is 0. The van der Waals surface area contributed by atoms with E-state index >= 15 is 0 Å². The molecule has 0 aromatic carbocycles. The molecule has 0 saturated carbocycles. The molecule has 0 radical (unpaired) electrons. The highest BCUT2D eigenvalue weighted by Crippen LogP contribution is 2.03. The second-order valence-electron chi connectivity index (χ2n) is 7.15. The number of nitrogens with zero attached hydrogens (tertiary/aromatic N) is 4. The minimum absolute atomic E-state index is 0.912. The van der Waals surface area contributed by atoms with Crippen molar-refractivity contribution in [2.24, 2.45) is 4.99 Å². The first kappa shape index (κ1) is 22.0. The summed E-state index contributed by atoms with van der Waals surface area (Å²) in [4.78, 5) is 12.1. The van der Waals surface area contributed by atoms with E-state index in [-0.39, 0.29) is 0 Å². The molecule has 1 aliphatic rings. The van der Waals surface area contributed by atoms with Gasteiger partial charge in [0.25, 0.3) is 0 Å². The molecule has 146 valence electrons. The van der Waals surface area contributed by atoms with Gasteiger partial charge in [-0.25, -0.2) is 0 Å². The van der Waals surface area contributed by atoms with Gasteiger partial charge in [0.2, 0.25) is 0 Å². The Hall–Kier alpha value is -1.07. The van der Waals surface area contributed by atoms with Gasteiger partial charge in [-0.3, -0.25) is 4.99 Å². The smallest absolute Gasteiger partial charge is 0.193 e.